The zero-order valence-corrected chi connectivity index (χ0v) is 21.4. The average Bonchev–Trinajstić information content (AvgIpc) is 2.85. The summed E-state index contributed by atoms with van der Waals surface area (Å²) in [5, 5.41) is 6.47. The SMILES string of the molecule is C=C.C=CN1NC=NC(=Nc2cccc(OC)c2)/C1=C(/CC)CN1CCC(N)CC1.CS(N)=O. The highest BCUT2D eigenvalue weighted by Crippen LogP contribution is 2.25. The molecule has 0 aromatic heterocycles. The molecule has 2 aliphatic heterocycles. The van der Waals surface area contributed by atoms with E-state index in [4.69, 9.17) is 15.5 Å². The van der Waals surface area contributed by atoms with Gasteiger partial charge in [0.1, 0.15) is 17.8 Å². The maximum atomic E-state index is 9.33. The number of methoxy groups -OCH3 is 1. The van der Waals surface area contributed by atoms with Crippen molar-refractivity contribution < 1.29 is 8.95 Å². The first-order chi connectivity index (χ1) is 16.4. The molecule has 1 aromatic rings. The third-order valence-corrected chi connectivity index (χ3v) is 5.12. The fourth-order valence-electron chi connectivity index (χ4n) is 3.48. The number of nitrogens with zero attached hydrogens (tertiary/aromatic N) is 4. The molecule has 1 fully saturated rings. The van der Waals surface area contributed by atoms with Gasteiger partial charge in [0.05, 0.1) is 23.8 Å². The number of aliphatic imine (C=N–C) groups is 2. The van der Waals surface area contributed by atoms with Crippen LogP contribution >= 0.6 is 0 Å². The molecule has 188 valence electrons. The van der Waals surface area contributed by atoms with Gasteiger partial charge in [0.25, 0.3) is 0 Å². The van der Waals surface area contributed by atoms with Crippen molar-refractivity contribution in [3.63, 3.8) is 0 Å². The molecule has 1 atom stereocenters. The molecule has 5 N–H and O–H groups in total. The fourth-order valence-corrected chi connectivity index (χ4v) is 3.48. The Bertz CT molecular complexity index is 889. The van der Waals surface area contributed by atoms with Gasteiger partial charge in [0.15, 0.2) is 5.84 Å². The summed E-state index contributed by atoms with van der Waals surface area (Å²) in [6, 6.07) is 8.00. The molecule has 3 rings (SSSR count). The van der Waals surface area contributed by atoms with E-state index in [-0.39, 0.29) is 0 Å². The van der Waals surface area contributed by atoms with Crippen LogP contribution in [0.2, 0.25) is 0 Å². The standard InChI is InChI=1S/C21H30N6O.C2H4.CH5NOS/c1-4-16(14-26-11-9-17(22)10-12-26)20-21(23-15-24-27(20)5-2)25-18-7-6-8-19(13-18)28-3;1-2;1-4(2)3/h5-8,13,15,17H,2,4,9-12,14,22H2,1,3H3,(H,23,24,25);1-2H2;2H2,1H3/b20-16+;;. The van der Waals surface area contributed by atoms with Crippen LogP contribution in [0.4, 0.5) is 5.69 Å². The number of piperidine rings is 1. The van der Waals surface area contributed by atoms with Crippen molar-refractivity contribution in [1.29, 1.82) is 0 Å². The quantitative estimate of drug-likeness (QED) is 0.528. The lowest BCUT2D eigenvalue weighted by Crippen LogP contribution is -2.43. The van der Waals surface area contributed by atoms with Crippen molar-refractivity contribution in [2.24, 2.45) is 20.9 Å². The third-order valence-electron chi connectivity index (χ3n) is 5.12. The summed E-state index contributed by atoms with van der Waals surface area (Å²) >= 11 is 0. The number of hydrogen-bond acceptors (Lipinski definition) is 7. The highest BCUT2D eigenvalue weighted by Gasteiger charge is 2.24. The summed E-state index contributed by atoms with van der Waals surface area (Å²) < 4.78 is 14.6. The first kappa shape index (κ1) is 29.2. The highest BCUT2D eigenvalue weighted by atomic mass is 32.2. The minimum absolute atomic E-state index is 0.324. The molecule has 2 aliphatic rings. The lowest BCUT2D eigenvalue weighted by Gasteiger charge is -2.33. The minimum Gasteiger partial charge on any atom is -0.497 e. The average molecular weight is 490 g/mol. The Labute approximate surface area is 206 Å². The normalized spacial score (nSPS) is 19.7. The van der Waals surface area contributed by atoms with Gasteiger partial charge in [-0.1, -0.05) is 19.6 Å². The maximum absolute atomic E-state index is 9.33. The van der Waals surface area contributed by atoms with Gasteiger partial charge in [-0.3, -0.25) is 20.5 Å². The maximum Gasteiger partial charge on any atom is 0.180 e. The van der Waals surface area contributed by atoms with E-state index in [1.165, 1.54) is 11.8 Å². The Hall–Kier alpha value is -2.79. The Balaban J connectivity index is 0.000000872. The van der Waals surface area contributed by atoms with E-state index in [0.29, 0.717) is 11.9 Å². The van der Waals surface area contributed by atoms with Gasteiger partial charge in [-0.25, -0.2) is 14.2 Å². The smallest absolute Gasteiger partial charge is 0.180 e. The summed E-state index contributed by atoms with van der Waals surface area (Å²) in [4.78, 5) is 11.8. The van der Waals surface area contributed by atoms with E-state index < -0.39 is 11.0 Å². The van der Waals surface area contributed by atoms with Crippen LogP contribution in [0.25, 0.3) is 0 Å². The number of hydrogen-bond donors (Lipinski definition) is 3. The van der Waals surface area contributed by atoms with Crippen molar-refractivity contribution in [1.82, 2.24) is 15.3 Å². The molecule has 1 saturated heterocycles. The second-order valence-corrected chi connectivity index (χ2v) is 8.49. The van der Waals surface area contributed by atoms with Crippen LogP contribution in [0, 0.1) is 0 Å². The van der Waals surface area contributed by atoms with Gasteiger partial charge in [-0.2, -0.15) is 0 Å². The number of rotatable bonds is 6. The molecular weight excluding hydrogens is 450 g/mol. The monoisotopic (exact) mass is 489 g/mol. The highest BCUT2D eigenvalue weighted by molar-refractivity contribution is 7.81. The minimum atomic E-state index is -1.11. The topological polar surface area (TPSA) is 122 Å². The summed E-state index contributed by atoms with van der Waals surface area (Å²) in [6.45, 7) is 15.0. The molecule has 0 aliphatic carbocycles. The molecule has 0 radical (unpaired) electrons. The number of likely N-dealkylation sites (tertiary alicyclic amines) is 1. The molecule has 0 amide bonds. The van der Waals surface area contributed by atoms with Crippen LogP contribution in [0.3, 0.4) is 0 Å². The Morgan fingerprint density at radius 3 is 2.59 bits per heavy atom. The predicted molar refractivity (Wildman–Crippen MR) is 144 cm³/mol. The molecular formula is C24H39N7O2S. The number of benzene rings is 1. The fraction of sp³-hybridized carbons (Fsp3) is 0.417. The molecule has 34 heavy (non-hydrogen) atoms. The van der Waals surface area contributed by atoms with E-state index in [0.717, 1.165) is 56.0 Å². The summed E-state index contributed by atoms with van der Waals surface area (Å²) in [5.41, 5.74) is 12.2. The van der Waals surface area contributed by atoms with Gasteiger partial charge in [-0.05, 0) is 50.1 Å². The van der Waals surface area contributed by atoms with E-state index in [1.54, 1.807) is 19.6 Å². The van der Waals surface area contributed by atoms with Gasteiger partial charge in [-0.15, -0.1) is 13.2 Å². The van der Waals surface area contributed by atoms with Crippen molar-refractivity contribution in [3.8, 4) is 5.75 Å². The van der Waals surface area contributed by atoms with Crippen LogP contribution in [0.5, 0.6) is 5.75 Å². The summed E-state index contributed by atoms with van der Waals surface area (Å²) in [6.07, 6.45) is 7.79. The largest absolute Gasteiger partial charge is 0.497 e. The number of amidine groups is 1. The van der Waals surface area contributed by atoms with E-state index in [1.807, 2.05) is 29.3 Å². The van der Waals surface area contributed by atoms with Crippen molar-refractivity contribution in [3.05, 3.63) is 61.5 Å². The van der Waals surface area contributed by atoms with E-state index in [9.17, 15) is 4.21 Å². The van der Waals surface area contributed by atoms with E-state index >= 15 is 0 Å². The van der Waals surface area contributed by atoms with Crippen LogP contribution in [0.15, 0.2) is 71.5 Å². The van der Waals surface area contributed by atoms with E-state index in [2.05, 4.69) is 47.1 Å². The van der Waals surface area contributed by atoms with Crippen LogP contribution < -0.4 is 21.0 Å². The predicted octanol–water partition coefficient (Wildman–Crippen LogP) is 2.85. The van der Waals surface area contributed by atoms with Crippen LogP contribution in [0.1, 0.15) is 26.2 Å². The molecule has 10 heteroatoms. The summed E-state index contributed by atoms with van der Waals surface area (Å²) in [7, 11) is 0.541. The molecule has 0 bridgehead atoms. The lowest BCUT2D eigenvalue weighted by atomic mass is 10.0. The first-order valence-corrected chi connectivity index (χ1v) is 12.7. The first-order valence-electron chi connectivity index (χ1n) is 11.1. The summed E-state index contributed by atoms with van der Waals surface area (Å²) in [5.74, 6) is 1.43. The van der Waals surface area contributed by atoms with Gasteiger partial charge >= 0.3 is 0 Å². The molecule has 1 unspecified atom stereocenters. The number of nitrogens with two attached hydrogens (primary N) is 2. The lowest BCUT2D eigenvalue weighted by molar-refractivity contribution is 0.226. The number of nitrogens with one attached hydrogen (secondary N) is 1. The Morgan fingerprint density at radius 1 is 1.38 bits per heavy atom. The second kappa shape index (κ2) is 15.9. The second-order valence-electron chi connectivity index (χ2n) is 7.49. The Morgan fingerprint density at radius 2 is 2.03 bits per heavy atom. The third kappa shape index (κ3) is 9.60. The number of ether oxygens (including phenoxy) is 1. The molecule has 9 nitrogen and oxygen atoms in total. The number of hydrazine groups is 1. The molecule has 1 aromatic carbocycles. The zero-order chi connectivity index (χ0) is 25.5. The van der Waals surface area contributed by atoms with Gasteiger partial charge < -0.3 is 10.5 Å². The molecule has 0 saturated carbocycles. The van der Waals surface area contributed by atoms with Crippen LogP contribution in [-0.2, 0) is 11.0 Å². The zero-order valence-electron chi connectivity index (χ0n) is 20.6. The van der Waals surface area contributed by atoms with Gasteiger partial charge in [0, 0.05) is 31.1 Å². The molecule has 0 spiro atoms. The van der Waals surface area contributed by atoms with Crippen molar-refractivity contribution in [2.45, 2.75) is 32.2 Å². The van der Waals surface area contributed by atoms with Gasteiger partial charge in [0.2, 0.25) is 0 Å². The van der Waals surface area contributed by atoms with Crippen molar-refractivity contribution in [2.75, 3.05) is 33.0 Å². The Kier molecular flexibility index (Phi) is 13.7. The van der Waals surface area contributed by atoms with Crippen molar-refractivity contribution >= 4 is 28.8 Å². The van der Waals surface area contributed by atoms with Crippen LogP contribution in [-0.4, -0.2) is 65.3 Å². The molecule has 2 heterocycles.